The number of aromatic hydroxyl groups is 2. The van der Waals surface area contributed by atoms with Gasteiger partial charge in [-0.25, -0.2) is 0 Å². The highest BCUT2D eigenvalue weighted by Crippen LogP contribution is 2.31. The molecule has 78 heavy (non-hydrogen) atoms. The molecule has 0 radical (unpaired) electrons. The molecule has 22 heteroatoms. The Bertz CT molecular complexity index is 2390. The molecular formula is C56H83N11O11. The van der Waals surface area contributed by atoms with E-state index in [1.165, 1.54) is 31.2 Å². The van der Waals surface area contributed by atoms with E-state index >= 15 is 0 Å². The summed E-state index contributed by atoms with van der Waals surface area (Å²) in [4.78, 5) is 123. The van der Waals surface area contributed by atoms with Gasteiger partial charge in [0.25, 0.3) is 0 Å². The SMILES string of the molecule is CC(=O)N[C@H]1CCC[C@@H]1C(=O)N[C@@H](CCCCN)C(=O)N[C@H]1CCC[C@@H]1C(=O)N[C@@H](Cc1ccc(O)cc1)C(=O)N[C@H]1CCC[C@@H]1C(=O)N[C@@H](CCCCN)C(=O)NC1CCC[C@@H]1C(=O)N[C@@H](Cc1ccc(O)cc1)C(N)=O. The van der Waals surface area contributed by atoms with Gasteiger partial charge in [0, 0.05) is 43.9 Å². The van der Waals surface area contributed by atoms with E-state index in [2.05, 4.69) is 42.5 Å². The van der Waals surface area contributed by atoms with Gasteiger partial charge >= 0.3 is 0 Å². The fraction of sp³-hybridized carbons (Fsp3) is 0.625. The average Bonchev–Trinajstić information content (AvgIpc) is 4.26. The molecule has 0 aromatic heterocycles. The molecule has 0 heterocycles. The summed E-state index contributed by atoms with van der Waals surface area (Å²) in [5, 5.41) is 43.2. The number of phenolic OH excluding ortho intramolecular Hbond substituents is 2. The third-order valence-corrected chi connectivity index (χ3v) is 16.0. The Balaban J connectivity index is 1.09. The Morgan fingerprint density at radius 3 is 1.09 bits per heavy atom. The second-order valence-electron chi connectivity index (χ2n) is 21.8. The first-order chi connectivity index (χ1) is 37.4. The van der Waals surface area contributed by atoms with Crippen LogP contribution in [0.5, 0.6) is 11.5 Å². The first-order valence-electron chi connectivity index (χ1n) is 28.1. The molecule has 0 bridgehead atoms. The second kappa shape index (κ2) is 29.8. The third-order valence-electron chi connectivity index (χ3n) is 16.0. The lowest BCUT2D eigenvalue weighted by Gasteiger charge is -2.29. The van der Waals surface area contributed by atoms with Crippen molar-refractivity contribution in [2.75, 3.05) is 13.1 Å². The van der Waals surface area contributed by atoms with Crippen molar-refractivity contribution in [2.24, 2.45) is 40.9 Å². The lowest BCUT2D eigenvalue weighted by atomic mass is 9.97. The first-order valence-corrected chi connectivity index (χ1v) is 28.1. The van der Waals surface area contributed by atoms with Crippen LogP contribution in [0.4, 0.5) is 0 Å². The van der Waals surface area contributed by atoms with Crippen LogP contribution in [0.25, 0.3) is 0 Å². The average molecular weight is 1090 g/mol. The van der Waals surface area contributed by atoms with Crippen molar-refractivity contribution in [2.45, 2.75) is 184 Å². The van der Waals surface area contributed by atoms with Crippen molar-refractivity contribution < 1.29 is 53.4 Å². The van der Waals surface area contributed by atoms with E-state index < -0.39 is 107 Å². The smallest absolute Gasteiger partial charge is 0.243 e. The van der Waals surface area contributed by atoms with Crippen molar-refractivity contribution in [3.05, 3.63) is 59.7 Å². The van der Waals surface area contributed by atoms with Crippen molar-refractivity contribution in [1.29, 1.82) is 0 Å². The number of benzene rings is 2. The minimum atomic E-state index is -1.13. The summed E-state index contributed by atoms with van der Waals surface area (Å²) < 4.78 is 0. The van der Waals surface area contributed by atoms with Gasteiger partial charge in [-0.05, 0) is 138 Å². The summed E-state index contributed by atoms with van der Waals surface area (Å²) in [7, 11) is 0. The van der Waals surface area contributed by atoms with Gasteiger partial charge in [0.05, 0.1) is 23.7 Å². The summed E-state index contributed by atoms with van der Waals surface area (Å²) >= 11 is 0. The van der Waals surface area contributed by atoms with Crippen LogP contribution in [-0.4, -0.2) is 125 Å². The van der Waals surface area contributed by atoms with Crippen LogP contribution in [0.3, 0.4) is 0 Å². The van der Waals surface area contributed by atoms with Crippen LogP contribution < -0.4 is 59.7 Å². The van der Waals surface area contributed by atoms with E-state index in [0.29, 0.717) is 127 Å². The van der Waals surface area contributed by atoms with E-state index in [4.69, 9.17) is 17.2 Å². The van der Waals surface area contributed by atoms with Gasteiger partial charge in [-0.1, -0.05) is 49.9 Å². The van der Waals surface area contributed by atoms with Gasteiger partial charge in [0.15, 0.2) is 0 Å². The predicted octanol–water partition coefficient (Wildman–Crippen LogP) is 0.725. The lowest BCUT2D eigenvalue weighted by Crippen LogP contribution is -2.57. The molecule has 428 valence electrons. The summed E-state index contributed by atoms with van der Waals surface area (Å²) in [5.74, 6) is -6.64. The van der Waals surface area contributed by atoms with Gasteiger partial charge in [-0.15, -0.1) is 0 Å². The monoisotopic (exact) mass is 1090 g/mol. The number of phenols is 2. The van der Waals surface area contributed by atoms with Crippen LogP contribution in [0.15, 0.2) is 48.5 Å². The largest absolute Gasteiger partial charge is 0.508 e. The fourth-order valence-electron chi connectivity index (χ4n) is 11.7. The number of nitrogens with two attached hydrogens (primary N) is 3. The third kappa shape index (κ3) is 17.6. The topological polar surface area (TPSA) is 368 Å². The molecule has 4 aliphatic rings. The van der Waals surface area contributed by atoms with E-state index in [9.17, 15) is 53.4 Å². The maximum Gasteiger partial charge on any atom is 0.243 e. The Morgan fingerprint density at radius 2 is 0.756 bits per heavy atom. The number of hydrogen-bond acceptors (Lipinski definition) is 13. The Morgan fingerprint density at radius 1 is 0.449 bits per heavy atom. The fourth-order valence-corrected chi connectivity index (χ4v) is 11.7. The first kappa shape index (κ1) is 60.4. The number of unbranched alkanes of at least 4 members (excludes halogenated alkanes) is 2. The van der Waals surface area contributed by atoms with Crippen molar-refractivity contribution >= 4 is 53.2 Å². The summed E-state index contributed by atoms with van der Waals surface area (Å²) in [6, 6.07) is 6.19. The van der Waals surface area contributed by atoms with Gasteiger partial charge in [0.2, 0.25) is 53.2 Å². The van der Waals surface area contributed by atoms with E-state index in [0.717, 1.165) is 6.42 Å². The Kier molecular flexibility index (Phi) is 23.1. The number of amides is 9. The molecule has 9 amide bonds. The molecule has 6 rings (SSSR count). The maximum atomic E-state index is 14.5. The Hall–Kier alpha value is -6.81. The van der Waals surface area contributed by atoms with Crippen molar-refractivity contribution in [3.63, 3.8) is 0 Å². The molecule has 22 nitrogen and oxygen atoms in total. The highest BCUT2D eigenvalue weighted by molar-refractivity contribution is 5.93. The van der Waals surface area contributed by atoms with Crippen molar-refractivity contribution in [3.8, 4) is 11.5 Å². The van der Waals surface area contributed by atoms with Gasteiger partial charge in [-0.2, -0.15) is 0 Å². The number of primary amides is 1. The molecule has 4 aliphatic carbocycles. The highest BCUT2D eigenvalue weighted by Gasteiger charge is 2.42. The minimum Gasteiger partial charge on any atom is -0.508 e. The maximum absolute atomic E-state index is 14.5. The van der Waals surface area contributed by atoms with Crippen LogP contribution in [-0.2, 0) is 56.0 Å². The molecule has 0 spiro atoms. The number of carbonyl (C=O) groups excluding carboxylic acids is 9. The molecule has 0 saturated heterocycles. The lowest BCUT2D eigenvalue weighted by molar-refractivity contribution is -0.135. The number of carbonyl (C=O) groups is 9. The van der Waals surface area contributed by atoms with Crippen molar-refractivity contribution in [1.82, 2.24) is 42.5 Å². The summed E-state index contributed by atoms with van der Waals surface area (Å²) in [5.41, 5.74) is 18.6. The van der Waals surface area contributed by atoms with E-state index in [1.54, 1.807) is 24.3 Å². The zero-order valence-electron chi connectivity index (χ0n) is 44.9. The molecule has 0 aliphatic heterocycles. The second-order valence-corrected chi connectivity index (χ2v) is 21.8. The quantitative estimate of drug-likeness (QED) is 0.0524. The summed E-state index contributed by atoms with van der Waals surface area (Å²) in [6.07, 6.45) is 9.53. The van der Waals surface area contributed by atoms with Gasteiger partial charge in [0.1, 0.15) is 35.7 Å². The molecule has 1 unspecified atom stereocenters. The molecule has 4 fully saturated rings. The van der Waals surface area contributed by atoms with Crippen LogP contribution in [0, 0.1) is 23.7 Å². The molecule has 16 N–H and O–H groups in total. The van der Waals surface area contributed by atoms with Crippen LogP contribution in [0.2, 0.25) is 0 Å². The number of rotatable bonds is 28. The zero-order chi connectivity index (χ0) is 56.3. The standard InChI is InChI=1S/C56H83N11O11/c1-32(68)60-41-16-6-10-37(41)50(72)64-45(14-2-4-28-57)54(76)62-43-18-9-13-40(43)53(75)67-48(31-34-22-26-36(70)27-23-34)56(78)63-44-19-7-11-38(44)51(73)65-46(15-3-5-29-58)55(77)61-42-17-8-12-39(42)52(74)66-47(49(59)71)30-33-20-24-35(69)25-21-33/h20-27,37-48,69-70H,2-19,28-31,57-58H2,1H3,(H2,59,71)(H,60,68)(H,61,77)(H,62,76)(H,63,78)(H,64,72)(H,65,73)(H,66,74)(H,67,75)/t37-,38-,39-,40-,41-,42?,43-,44-,45-,46-,47-,48-/m0/s1. The number of hydrogen-bond donors (Lipinski definition) is 13. The molecular weight excluding hydrogens is 1000 g/mol. The van der Waals surface area contributed by atoms with Gasteiger partial charge in [-0.3, -0.25) is 43.2 Å². The molecule has 12 atom stereocenters. The molecule has 2 aromatic rings. The highest BCUT2D eigenvalue weighted by atomic mass is 16.3. The summed E-state index contributed by atoms with van der Waals surface area (Å²) in [6.45, 7) is 2.18. The zero-order valence-corrected chi connectivity index (χ0v) is 44.9. The normalized spacial score (nSPS) is 24.1. The van der Waals surface area contributed by atoms with Crippen LogP contribution in [0.1, 0.15) is 134 Å². The predicted molar refractivity (Wildman–Crippen MR) is 289 cm³/mol. The number of nitrogens with one attached hydrogen (secondary N) is 8. The van der Waals surface area contributed by atoms with E-state index in [-0.39, 0.29) is 48.6 Å². The molecule has 4 saturated carbocycles. The van der Waals surface area contributed by atoms with E-state index in [1.807, 2.05) is 0 Å². The minimum absolute atomic E-state index is 0.0153. The van der Waals surface area contributed by atoms with Crippen LogP contribution >= 0.6 is 0 Å². The van der Waals surface area contributed by atoms with Gasteiger partial charge < -0.3 is 69.9 Å². The Labute approximate surface area is 456 Å². The molecule has 2 aromatic carbocycles.